The lowest BCUT2D eigenvalue weighted by Crippen LogP contribution is -2.44. The number of rotatable bonds is 8. The van der Waals surface area contributed by atoms with E-state index in [9.17, 15) is 19.5 Å². The van der Waals surface area contributed by atoms with Gasteiger partial charge < -0.3 is 20.5 Å². The van der Waals surface area contributed by atoms with Crippen molar-refractivity contribution in [3.63, 3.8) is 0 Å². The van der Waals surface area contributed by atoms with Gasteiger partial charge in [-0.15, -0.1) is 0 Å². The molecule has 3 aliphatic rings. The van der Waals surface area contributed by atoms with Crippen molar-refractivity contribution in [2.24, 2.45) is 17.3 Å². The molecule has 7 heteroatoms. The minimum Gasteiger partial charge on any atom is -0.481 e. The third kappa shape index (κ3) is 4.40. The first-order chi connectivity index (χ1) is 16.8. The molecule has 2 aromatic rings. The second-order valence-corrected chi connectivity index (χ2v) is 10.6. The SMILES string of the molecule is CC(C)C(CC(=O)N[C@@H]1C[C@H]2C[C@@]2(C(=O)O)C1)NC(=O)OCC1c2ccccc2-c2ccccc21. The maximum Gasteiger partial charge on any atom is 0.407 e. The second-order valence-electron chi connectivity index (χ2n) is 10.6. The lowest BCUT2D eigenvalue weighted by molar-refractivity contribution is -0.143. The van der Waals surface area contributed by atoms with Gasteiger partial charge in [-0.1, -0.05) is 62.4 Å². The van der Waals surface area contributed by atoms with Crippen molar-refractivity contribution in [3.05, 3.63) is 59.7 Å². The predicted molar refractivity (Wildman–Crippen MR) is 131 cm³/mol. The molecule has 0 bridgehead atoms. The molecule has 4 atom stereocenters. The van der Waals surface area contributed by atoms with Crippen LogP contribution in [0.15, 0.2) is 48.5 Å². The number of carbonyl (C=O) groups is 3. The largest absolute Gasteiger partial charge is 0.481 e. The van der Waals surface area contributed by atoms with E-state index >= 15 is 0 Å². The number of carboxylic acid groups (broad SMARTS) is 1. The third-order valence-corrected chi connectivity index (χ3v) is 8.06. The van der Waals surface area contributed by atoms with Gasteiger partial charge in [0.2, 0.25) is 5.91 Å². The number of alkyl carbamates (subject to hydrolysis) is 1. The summed E-state index contributed by atoms with van der Waals surface area (Å²) >= 11 is 0. The van der Waals surface area contributed by atoms with Crippen molar-refractivity contribution >= 4 is 18.0 Å². The van der Waals surface area contributed by atoms with Crippen LogP contribution in [0.5, 0.6) is 0 Å². The highest BCUT2D eigenvalue weighted by atomic mass is 16.5. The molecule has 2 aromatic carbocycles. The highest BCUT2D eigenvalue weighted by Crippen LogP contribution is 2.63. The van der Waals surface area contributed by atoms with Gasteiger partial charge >= 0.3 is 12.1 Å². The Kier molecular flexibility index (Phi) is 6.03. The van der Waals surface area contributed by atoms with E-state index in [1.54, 1.807) is 0 Å². The van der Waals surface area contributed by atoms with Crippen LogP contribution in [0.4, 0.5) is 4.79 Å². The van der Waals surface area contributed by atoms with E-state index in [0.717, 1.165) is 11.1 Å². The van der Waals surface area contributed by atoms with Crippen LogP contribution in [0.3, 0.4) is 0 Å². The first-order valence-electron chi connectivity index (χ1n) is 12.4. The zero-order valence-electron chi connectivity index (χ0n) is 20.1. The second kappa shape index (κ2) is 9.02. The highest BCUT2D eigenvalue weighted by Gasteiger charge is 2.65. The Labute approximate surface area is 205 Å². The molecule has 35 heavy (non-hydrogen) atoms. The molecule has 184 valence electrons. The zero-order chi connectivity index (χ0) is 24.7. The molecule has 0 radical (unpaired) electrons. The van der Waals surface area contributed by atoms with Gasteiger partial charge in [-0.3, -0.25) is 9.59 Å². The van der Waals surface area contributed by atoms with Gasteiger partial charge in [0.15, 0.2) is 0 Å². The van der Waals surface area contributed by atoms with Crippen molar-refractivity contribution < 1.29 is 24.2 Å². The van der Waals surface area contributed by atoms with Gasteiger partial charge in [0, 0.05) is 24.4 Å². The number of aliphatic carboxylic acids is 1. The summed E-state index contributed by atoms with van der Waals surface area (Å²) < 4.78 is 5.65. The number of hydrogen-bond acceptors (Lipinski definition) is 4. The monoisotopic (exact) mass is 476 g/mol. The fraction of sp³-hybridized carbons (Fsp3) is 0.464. The number of amides is 2. The molecule has 3 aliphatic carbocycles. The Morgan fingerprint density at radius 2 is 1.66 bits per heavy atom. The lowest BCUT2D eigenvalue weighted by atomic mass is 9.98. The van der Waals surface area contributed by atoms with Gasteiger partial charge in [0.05, 0.1) is 5.41 Å². The Balaban J connectivity index is 1.15. The van der Waals surface area contributed by atoms with Crippen LogP contribution in [-0.4, -0.2) is 41.8 Å². The van der Waals surface area contributed by atoms with E-state index in [2.05, 4.69) is 34.9 Å². The number of hydrogen-bond donors (Lipinski definition) is 3. The van der Waals surface area contributed by atoms with E-state index in [0.29, 0.717) is 19.3 Å². The zero-order valence-corrected chi connectivity index (χ0v) is 20.1. The fourth-order valence-electron chi connectivity index (χ4n) is 6.00. The topological polar surface area (TPSA) is 105 Å². The number of fused-ring (bicyclic) bond motifs is 4. The van der Waals surface area contributed by atoms with E-state index < -0.39 is 17.5 Å². The number of benzene rings is 2. The molecule has 5 rings (SSSR count). The molecule has 7 nitrogen and oxygen atoms in total. The normalized spacial score (nSPS) is 24.8. The van der Waals surface area contributed by atoms with Gasteiger partial charge in [-0.2, -0.15) is 0 Å². The molecule has 2 amide bonds. The van der Waals surface area contributed by atoms with Gasteiger partial charge in [0.25, 0.3) is 0 Å². The molecular weight excluding hydrogens is 444 g/mol. The summed E-state index contributed by atoms with van der Waals surface area (Å²) in [5, 5.41) is 15.3. The first kappa shape index (κ1) is 23.4. The standard InChI is InChI=1S/C28H32N2O5/c1-16(2)24(12-25(31)29-18-11-17-13-28(17,14-18)26(32)33)30-27(34)35-15-23-21-9-5-3-7-19(21)20-8-4-6-10-22(20)23/h3-10,16-18,23-24H,11-15H2,1-2H3,(H,29,31)(H,30,34)(H,32,33)/t17-,18+,24?,28+/m0/s1. The maximum atomic E-state index is 12.7. The summed E-state index contributed by atoms with van der Waals surface area (Å²) in [6, 6.07) is 15.9. The van der Waals surface area contributed by atoms with Crippen molar-refractivity contribution in [2.75, 3.05) is 6.61 Å². The molecule has 0 spiro atoms. The molecular formula is C28H32N2O5. The first-order valence-corrected chi connectivity index (χ1v) is 12.4. The Morgan fingerprint density at radius 3 is 2.23 bits per heavy atom. The van der Waals surface area contributed by atoms with Crippen LogP contribution in [0.25, 0.3) is 11.1 Å². The van der Waals surface area contributed by atoms with Crippen LogP contribution in [0, 0.1) is 17.3 Å². The van der Waals surface area contributed by atoms with Gasteiger partial charge in [0.1, 0.15) is 6.61 Å². The fourth-order valence-corrected chi connectivity index (χ4v) is 6.00. The van der Waals surface area contributed by atoms with Crippen LogP contribution in [0.1, 0.15) is 56.6 Å². The average Bonchev–Trinajstić information content (AvgIpc) is 3.26. The lowest BCUT2D eigenvalue weighted by Gasteiger charge is -2.24. The number of ether oxygens (including phenoxy) is 1. The molecule has 2 fully saturated rings. The third-order valence-electron chi connectivity index (χ3n) is 8.06. The van der Waals surface area contributed by atoms with Crippen LogP contribution in [-0.2, 0) is 14.3 Å². The van der Waals surface area contributed by atoms with Crippen LogP contribution < -0.4 is 10.6 Å². The van der Waals surface area contributed by atoms with Crippen molar-refractivity contribution in [1.29, 1.82) is 0 Å². The summed E-state index contributed by atoms with van der Waals surface area (Å²) in [6.45, 7) is 4.12. The maximum absolute atomic E-state index is 12.7. The molecule has 2 saturated carbocycles. The summed E-state index contributed by atoms with van der Waals surface area (Å²) in [5.74, 6) is -0.747. The summed E-state index contributed by atoms with van der Waals surface area (Å²) in [5.41, 5.74) is 4.01. The van der Waals surface area contributed by atoms with E-state index in [1.165, 1.54) is 11.1 Å². The van der Waals surface area contributed by atoms with E-state index in [4.69, 9.17) is 4.74 Å². The van der Waals surface area contributed by atoms with Crippen LogP contribution >= 0.6 is 0 Å². The van der Waals surface area contributed by atoms with E-state index in [1.807, 2.05) is 38.1 Å². The quantitative estimate of drug-likeness (QED) is 0.527. The average molecular weight is 477 g/mol. The Morgan fingerprint density at radius 1 is 1.03 bits per heavy atom. The van der Waals surface area contributed by atoms with E-state index in [-0.39, 0.29) is 48.8 Å². The number of carbonyl (C=O) groups excluding carboxylic acids is 2. The smallest absolute Gasteiger partial charge is 0.407 e. The molecule has 3 N–H and O–H groups in total. The van der Waals surface area contributed by atoms with Crippen molar-refractivity contribution in [3.8, 4) is 11.1 Å². The van der Waals surface area contributed by atoms with Crippen molar-refractivity contribution in [2.45, 2.75) is 57.5 Å². The molecule has 0 heterocycles. The number of nitrogens with one attached hydrogen (secondary N) is 2. The minimum atomic E-state index is -0.753. The van der Waals surface area contributed by atoms with Crippen LogP contribution in [0.2, 0.25) is 0 Å². The Hall–Kier alpha value is -3.35. The molecule has 0 aromatic heterocycles. The van der Waals surface area contributed by atoms with Gasteiger partial charge in [-0.25, -0.2) is 4.79 Å². The minimum absolute atomic E-state index is 0.0238. The number of carboxylic acids is 1. The van der Waals surface area contributed by atoms with Gasteiger partial charge in [-0.05, 0) is 53.4 Å². The predicted octanol–water partition coefficient (Wildman–Crippen LogP) is 4.31. The summed E-state index contributed by atoms with van der Waals surface area (Å²) in [4.78, 5) is 36.9. The summed E-state index contributed by atoms with van der Waals surface area (Å²) in [6.07, 6.45) is 1.51. The molecule has 0 saturated heterocycles. The van der Waals surface area contributed by atoms with Crippen molar-refractivity contribution in [1.82, 2.24) is 10.6 Å². The Bertz CT molecular complexity index is 1120. The summed E-state index contributed by atoms with van der Waals surface area (Å²) in [7, 11) is 0. The highest BCUT2D eigenvalue weighted by molar-refractivity contribution is 5.81. The molecule has 0 aliphatic heterocycles. The molecule has 1 unspecified atom stereocenters.